The number of nitrogens with zero attached hydrogens (tertiary/aromatic N) is 2. The van der Waals surface area contributed by atoms with Crippen molar-refractivity contribution in [2.75, 3.05) is 6.61 Å². The third-order valence-corrected chi connectivity index (χ3v) is 3.03. The summed E-state index contributed by atoms with van der Waals surface area (Å²) in [5.41, 5.74) is 2.07. The van der Waals surface area contributed by atoms with Crippen LogP contribution in [0.5, 0.6) is 0 Å². The van der Waals surface area contributed by atoms with Gasteiger partial charge in [0, 0.05) is 24.6 Å². The summed E-state index contributed by atoms with van der Waals surface area (Å²) in [7, 11) is 0. The van der Waals surface area contributed by atoms with E-state index in [1.54, 1.807) is 0 Å². The summed E-state index contributed by atoms with van der Waals surface area (Å²) in [5, 5.41) is 9.62. The maximum Gasteiger partial charge on any atom is 0.109 e. The molecule has 1 heterocycles. The lowest BCUT2D eigenvalue weighted by atomic mass is 10.3. The molecule has 0 saturated carbocycles. The molecule has 1 N–H and O–H groups in total. The van der Waals surface area contributed by atoms with Crippen LogP contribution in [0.1, 0.15) is 25.6 Å². The Kier molecular flexibility index (Phi) is 4.02. The standard InChI is InChI=1S/C13H17ClN2O/c1-2-7-16-12-6-5-10(14)9-11(12)15-13(16)4-3-8-17/h5-6,9,17H,2-4,7-8H2,1H3. The number of hydrogen-bond acceptors (Lipinski definition) is 2. The minimum atomic E-state index is 0.204. The minimum absolute atomic E-state index is 0.204. The van der Waals surface area contributed by atoms with Crippen LogP contribution in [0.15, 0.2) is 18.2 Å². The van der Waals surface area contributed by atoms with Crippen molar-refractivity contribution in [3.8, 4) is 0 Å². The second-order valence-electron chi connectivity index (χ2n) is 4.14. The van der Waals surface area contributed by atoms with E-state index in [4.69, 9.17) is 16.7 Å². The van der Waals surface area contributed by atoms with Crippen LogP contribution in [0.4, 0.5) is 0 Å². The summed E-state index contributed by atoms with van der Waals surface area (Å²) in [6, 6.07) is 5.81. The van der Waals surface area contributed by atoms with Crippen molar-refractivity contribution >= 4 is 22.6 Å². The Bertz CT molecular complexity index is 507. The van der Waals surface area contributed by atoms with E-state index in [0.717, 1.165) is 42.7 Å². The third kappa shape index (κ3) is 2.61. The van der Waals surface area contributed by atoms with Gasteiger partial charge in [-0.2, -0.15) is 0 Å². The van der Waals surface area contributed by atoms with Crippen molar-refractivity contribution in [2.24, 2.45) is 0 Å². The zero-order chi connectivity index (χ0) is 12.3. The van der Waals surface area contributed by atoms with Crippen molar-refractivity contribution in [3.05, 3.63) is 29.0 Å². The zero-order valence-corrected chi connectivity index (χ0v) is 10.7. The van der Waals surface area contributed by atoms with Crippen LogP contribution in [0, 0.1) is 0 Å². The number of benzene rings is 1. The lowest BCUT2D eigenvalue weighted by Crippen LogP contribution is -2.04. The first-order valence-electron chi connectivity index (χ1n) is 6.01. The fraction of sp³-hybridized carbons (Fsp3) is 0.462. The van der Waals surface area contributed by atoms with Gasteiger partial charge in [-0.25, -0.2) is 4.98 Å². The Labute approximate surface area is 106 Å². The highest BCUT2D eigenvalue weighted by Gasteiger charge is 2.09. The predicted molar refractivity (Wildman–Crippen MR) is 70.4 cm³/mol. The van der Waals surface area contributed by atoms with E-state index in [1.165, 1.54) is 0 Å². The number of aliphatic hydroxyl groups is 1. The molecule has 3 nitrogen and oxygen atoms in total. The molecule has 0 fully saturated rings. The van der Waals surface area contributed by atoms with Gasteiger partial charge in [-0.15, -0.1) is 0 Å². The summed E-state index contributed by atoms with van der Waals surface area (Å²) in [5.74, 6) is 1.04. The normalized spacial score (nSPS) is 11.2. The number of aromatic nitrogens is 2. The highest BCUT2D eigenvalue weighted by Crippen LogP contribution is 2.21. The number of imidazole rings is 1. The average molecular weight is 253 g/mol. The number of aryl methyl sites for hydroxylation is 2. The van der Waals surface area contributed by atoms with Gasteiger partial charge in [0.25, 0.3) is 0 Å². The van der Waals surface area contributed by atoms with E-state index in [1.807, 2.05) is 18.2 Å². The largest absolute Gasteiger partial charge is 0.396 e. The number of fused-ring (bicyclic) bond motifs is 1. The molecule has 0 aliphatic rings. The first-order chi connectivity index (χ1) is 8.26. The van der Waals surface area contributed by atoms with Gasteiger partial charge in [-0.3, -0.25) is 0 Å². The Hall–Kier alpha value is -1.06. The van der Waals surface area contributed by atoms with Crippen LogP contribution >= 0.6 is 11.6 Å². The van der Waals surface area contributed by atoms with Crippen molar-refractivity contribution < 1.29 is 5.11 Å². The molecule has 0 amide bonds. The second-order valence-corrected chi connectivity index (χ2v) is 4.58. The van der Waals surface area contributed by atoms with Crippen LogP contribution in [0.2, 0.25) is 5.02 Å². The lowest BCUT2D eigenvalue weighted by Gasteiger charge is -2.06. The van der Waals surface area contributed by atoms with Crippen LogP contribution in [-0.4, -0.2) is 21.3 Å². The summed E-state index contributed by atoms with van der Waals surface area (Å²) in [6.07, 6.45) is 2.63. The molecule has 4 heteroatoms. The Balaban J connectivity index is 2.45. The van der Waals surface area contributed by atoms with Gasteiger partial charge < -0.3 is 9.67 Å². The number of aliphatic hydroxyl groups excluding tert-OH is 1. The molecule has 0 radical (unpaired) electrons. The van der Waals surface area contributed by atoms with E-state index >= 15 is 0 Å². The Morgan fingerprint density at radius 3 is 2.94 bits per heavy atom. The summed E-state index contributed by atoms with van der Waals surface area (Å²) in [4.78, 5) is 4.60. The van der Waals surface area contributed by atoms with Gasteiger partial charge in [0.15, 0.2) is 0 Å². The molecule has 0 bridgehead atoms. The molecule has 1 aromatic heterocycles. The van der Waals surface area contributed by atoms with Gasteiger partial charge >= 0.3 is 0 Å². The van der Waals surface area contributed by atoms with Gasteiger partial charge in [0.2, 0.25) is 0 Å². The van der Waals surface area contributed by atoms with Gasteiger partial charge in [0.05, 0.1) is 11.0 Å². The molecule has 0 unspecified atom stereocenters. The molecule has 2 aromatic rings. The second kappa shape index (κ2) is 5.52. The quantitative estimate of drug-likeness (QED) is 0.888. The van der Waals surface area contributed by atoms with E-state index in [9.17, 15) is 0 Å². The van der Waals surface area contributed by atoms with Gasteiger partial charge in [-0.1, -0.05) is 18.5 Å². The molecule has 0 atom stereocenters. The van der Waals surface area contributed by atoms with Crippen LogP contribution < -0.4 is 0 Å². The Morgan fingerprint density at radius 1 is 1.41 bits per heavy atom. The molecule has 2 rings (SSSR count). The topological polar surface area (TPSA) is 38.0 Å². The van der Waals surface area contributed by atoms with Crippen molar-refractivity contribution in [3.63, 3.8) is 0 Å². The first-order valence-corrected chi connectivity index (χ1v) is 6.39. The maximum absolute atomic E-state index is 8.91. The molecule has 0 spiro atoms. The third-order valence-electron chi connectivity index (χ3n) is 2.80. The maximum atomic E-state index is 8.91. The average Bonchev–Trinajstić information content (AvgIpc) is 2.64. The van der Waals surface area contributed by atoms with Gasteiger partial charge in [0.1, 0.15) is 5.82 Å². The van der Waals surface area contributed by atoms with Gasteiger partial charge in [-0.05, 0) is 31.0 Å². The molecule has 0 saturated heterocycles. The number of rotatable bonds is 5. The van der Waals surface area contributed by atoms with E-state index in [-0.39, 0.29) is 6.61 Å². The van der Waals surface area contributed by atoms with E-state index < -0.39 is 0 Å². The Morgan fingerprint density at radius 2 is 2.24 bits per heavy atom. The molecule has 1 aromatic carbocycles. The molecule has 17 heavy (non-hydrogen) atoms. The van der Waals surface area contributed by atoms with Crippen LogP contribution in [0.3, 0.4) is 0 Å². The first kappa shape index (κ1) is 12.4. The molecule has 0 aliphatic carbocycles. The van der Waals surface area contributed by atoms with Crippen LogP contribution in [0.25, 0.3) is 11.0 Å². The van der Waals surface area contributed by atoms with E-state index in [2.05, 4.69) is 16.5 Å². The van der Waals surface area contributed by atoms with Crippen molar-refractivity contribution in [1.29, 1.82) is 0 Å². The van der Waals surface area contributed by atoms with Crippen LogP contribution in [-0.2, 0) is 13.0 Å². The minimum Gasteiger partial charge on any atom is -0.396 e. The summed E-state index contributed by atoms with van der Waals surface area (Å²) >= 11 is 5.97. The fourth-order valence-corrected chi connectivity index (χ4v) is 2.22. The SMILES string of the molecule is CCCn1c(CCCO)nc2cc(Cl)ccc21. The van der Waals surface area contributed by atoms with Crippen molar-refractivity contribution in [2.45, 2.75) is 32.7 Å². The smallest absolute Gasteiger partial charge is 0.109 e. The molecule has 0 aliphatic heterocycles. The summed E-state index contributed by atoms with van der Waals surface area (Å²) < 4.78 is 2.22. The zero-order valence-electron chi connectivity index (χ0n) is 9.99. The summed E-state index contributed by atoms with van der Waals surface area (Å²) in [6.45, 7) is 3.31. The highest BCUT2D eigenvalue weighted by atomic mass is 35.5. The fourth-order valence-electron chi connectivity index (χ4n) is 2.05. The molecule has 92 valence electrons. The molecular formula is C13H17ClN2O. The number of hydrogen-bond donors (Lipinski definition) is 1. The van der Waals surface area contributed by atoms with E-state index in [0.29, 0.717) is 5.02 Å². The number of halogens is 1. The lowest BCUT2D eigenvalue weighted by molar-refractivity contribution is 0.287. The highest BCUT2D eigenvalue weighted by molar-refractivity contribution is 6.31. The van der Waals surface area contributed by atoms with Crippen molar-refractivity contribution in [1.82, 2.24) is 9.55 Å². The monoisotopic (exact) mass is 252 g/mol. The molecular weight excluding hydrogens is 236 g/mol. The predicted octanol–water partition coefficient (Wildman–Crippen LogP) is 3.02.